The molecule has 2 atom stereocenters. The minimum absolute atomic E-state index is 0.159. The van der Waals surface area contributed by atoms with Crippen LogP contribution in [0.25, 0.3) is 0 Å². The third-order valence-electron chi connectivity index (χ3n) is 2.42. The molecule has 0 spiro atoms. The molecule has 2 amide bonds. The van der Waals surface area contributed by atoms with Crippen LogP contribution in [0.4, 0.5) is 4.79 Å². The molecule has 0 aliphatic heterocycles. The molecular weight excluding hydrogens is 240 g/mol. The van der Waals surface area contributed by atoms with Crippen LogP contribution >= 0.6 is 0 Å². The lowest BCUT2D eigenvalue weighted by molar-refractivity contribution is -0.144. The van der Waals surface area contributed by atoms with Gasteiger partial charge in [-0.25, -0.2) is 14.4 Å². The van der Waals surface area contributed by atoms with E-state index in [0.717, 1.165) is 0 Å². The van der Waals surface area contributed by atoms with E-state index in [0.29, 0.717) is 0 Å². The number of methoxy groups -OCH3 is 1. The third-order valence-corrected chi connectivity index (χ3v) is 2.42. The Morgan fingerprint density at radius 1 is 1.22 bits per heavy atom. The van der Waals surface area contributed by atoms with Crippen molar-refractivity contribution in [1.29, 1.82) is 0 Å². The molecule has 0 rings (SSSR count). The summed E-state index contributed by atoms with van der Waals surface area (Å²) < 4.78 is 4.56. The maximum Gasteiger partial charge on any atom is 0.328 e. The predicted octanol–water partition coefficient (Wildman–Crippen LogP) is 0.346. The van der Waals surface area contributed by atoms with Crippen molar-refractivity contribution in [3.63, 3.8) is 0 Å². The summed E-state index contributed by atoms with van der Waals surface area (Å²) in [6, 6.07) is -2.48. The number of amides is 2. The van der Waals surface area contributed by atoms with Crippen molar-refractivity contribution in [2.45, 2.75) is 39.3 Å². The molecule has 3 N–H and O–H groups in total. The fraction of sp³-hybridized carbons (Fsp3) is 0.727. The highest BCUT2D eigenvalue weighted by Gasteiger charge is 2.26. The highest BCUT2D eigenvalue weighted by molar-refractivity contribution is 5.86. The number of carboxylic acid groups (broad SMARTS) is 1. The van der Waals surface area contributed by atoms with E-state index < -0.39 is 30.1 Å². The Bertz CT molecular complexity index is 317. The molecule has 0 aromatic heterocycles. The molecule has 7 nitrogen and oxygen atoms in total. The minimum Gasteiger partial charge on any atom is -0.480 e. The van der Waals surface area contributed by atoms with Crippen LogP contribution in [-0.4, -0.2) is 42.3 Å². The van der Waals surface area contributed by atoms with Crippen LogP contribution in [0.2, 0.25) is 0 Å². The van der Waals surface area contributed by atoms with Gasteiger partial charge < -0.3 is 20.5 Å². The zero-order chi connectivity index (χ0) is 14.3. The molecule has 0 aromatic rings. The van der Waals surface area contributed by atoms with Crippen molar-refractivity contribution in [2.24, 2.45) is 5.92 Å². The van der Waals surface area contributed by atoms with Crippen molar-refractivity contribution < 1.29 is 24.2 Å². The molecule has 0 aliphatic carbocycles. The van der Waals surface area contributed by atoms with Gasteiger partial charge in [-0.05, 0) is 12.3 Å². The number of nitrogens with one attached hydrogen (secondary N) is 2. The summed E-state index contributed by atoms with van der Waals surface area (Å²) in [6.45, 7) is 5.13. The van der Waals surface area contributed by atoms with E-state index in [9.17, 15) is 14.4 Å². The van der Waals surface area contributed by atoms with Crippen LogP contribution in [0.15, 0.2) is 0 Å². The number of carbonyl (C=O) groups is 3. The zero-order valence-electron chi connectivity index (χ0n) is 11.0. The molecule has 18 heavy (non-hydrogen) atoms. The van der Waals surface area contributed by atoms with E-state index >= 15 is 0 Å². The molecule has 0 radical (unpaired) electrons. The second-order valence-electron chi connectivity index (χ2n) is 4.16. The maximum absolute atomic E-state index is 11.6. The molecule has 0 saturated heterocycles. The predicted molar refractivity (Wildman–Crippen MR) is 64.0 cm³/mol. The monoisotopic (exact) mass is 260 g/mol. The summed E-state index contributed by atoms with van der Waals surface area (Å²) in [7, 11) is 1.23. The van der Waals surface area contributed by atoms with Gasteiger partial charge in [0.1, 0.15) is 12.1 Å². The number of rotatable bonds is 6. The standard InChI is InChI=1S/C11H20N2O5/c1-5-7(9(14)15)12-11(17)13-8(6(2)3)10(16)18-4/h6-8H,5H2,1-4H3,(H,14,15)(H2,12,13,17)/t7-,8?/m0/s1. The van der Waals surface area contributed by atoms with Crippen molar-refractivity contribution >= 4 is 18.0 Å². The zero-order valence-corrected chi connectivity index (χ0v) is 11.0. The summed E-state index contributed by atoms with van der Waals surface area (Å²) in [4.78, 5) is 33.7. The van der Waals surface area contributed by atoms with E-state index in [4.69, 9.17) is 5.11 Å². The van der Waals surface area contributed by atoms with Crippen molar-refractivity contribution in [1.82, 2.24) is 10.6 Å². The molecule has 0 fully saturated rings. The van der Waals surface area contributed by atoms with Crippen molar-refractivity contribution in [2.75, 3.05) is 7.11 Å². The van der Waals surface area contributed by atoms with E-state index in [-0.39, 0.29) is 12.3 Å². The van der Waals surface area contributed by atoms with Crippen LogP contribution in [0, 0.1) is 5.92 Å². The molecule has 104 valence electrons. The quantitative estimate of drug-likeness (QED) is 0.597. The smallest absolute Gasteiger partial charge is 0.328 e. The fourth-order valence-electron chi connectivity index (χ4n) is 1.30. The van der Waals surface area contributed by atoms with E-state index in [1.165, 1.54) is 7.11 Å². The number of ether oxygens (including phenoxy) is 1. The lowest BCUT2D eigenvalue weighted by atomic mass is 10.1. The van der Waals surface area contributed by atoms with E-state index in [1.54, 1.807) is 20.8 Å². The Morgan fingerprint density at radius 3 is 2.11 bits per heavy atom. The van der Waals surface area contributed by atoms with Crippen LogP contribution in [0.5, 0.6) is 0 Å². The normalized spacial score (nSPS) is 13.6. The summed E-state index contributed by atoms with van der Waals surface area (Å²) >= 11 is 0. The summed E-state index contributed by atoms with van der Waals surface area (Å²) in [5.74, 6) is -1.84. The fourth-order valence-corrected chi connectivity index (χ4v) is 1.30. The summed E-state index contributed by atoms with van der Waals surface area (Å²) in [6.07, 6.45) is 0.257. The third kappa shape index (κ3) is 5.03. The second-order valence-corrected chi connectivity index (χ2v) is 4.16. The molecular formula is C11H20N2O5. The molecule has 1 unspecified atom stereocenters. The van der Waals surface area contributed by atoms with Gasteiger partial charge in [0.25, 0.3) is 0 Å². The van der Waals surface area contributed by atoms with Gasteiger partial charge in [0.2, 0.25) is 0 Å². The number of carbonyl (C=O) groups excluding carboxylic acids is 2. The lowest BCUT2D eigenvalue weighted by Crippen LogP contribution is -2.52. The average Bonchev–Trinajstić information content (AvgIpc) is 2.31. The van der Waals surface area contributed by atoms with Gasteiger partial charge in [-0.3, -0.25) is 0 Å². The second kappa shape index (κ2) is 7.52. The van der Waals surface area contributed by atoms with Crippen LogP contribution in [0.3, 0.4) is 0 Å². The van der Waals surface area contributed by atoms with Crippen molar-refractivity contribution in [3.8, 4) is 0 Å². The molecule has 0 saturated carbocycles. The van der Waals surface area contributed by atoms with Crippen LogP contribution < -0.4 is 10.6 Å². The van der Waals surface area contributed by atoms with Gasteiger partial charge in [0, 0.05) is 0 Å². The Labute approximate surface area is 106 Å². The molecule has 0 aromatic carbocycles. The average molecular weight is 260 g/mol. The van der Waals surface area contributed by atoms with Crippen LogP contribution in [-0.2, 0) is 14.3 Å². The number of hydrogen-bond donors (Lipinski definition) is 3. The lowest BCUT2D eigenvalue weighted by Gasteiger charge is -2.21. The van der Waals surface area contributed by atoms with Gasteiger partial charge >= 0.3 is 18.0 Å². The first-order valence-electron chi connectivity index (χ1n) is 5.71. The van der Waals surface area contributed by atoms with Crippen LogP contribution in [0.1, 0.15) is 27.2 Å². The summed E-state index contributed by atoms with van der Waals surface area (Å²) in [5.41, 5.74) is 0. The first kappa shape index (κ1) is 16.2. The molecule has 0 aliphatic rings. The number of esters is 1. The van der Waals surface area contributed by atoms with Gasteiger partial charge in [0.05, 0.1) is 7.11 Å². The Morgan fingerprint density at radius 2 is 1.78 bits per heavy atom. The van der Waals surface area contributed by atoms with Gasteiger partial charge in [0.15, 0.2) is 0 Å². The summed E-state index contributed by atoms with van der Waals surface area (Å²) in [5, 5.41) is 13.5. The van der Waals surface area contributed by atoms with Gasteiger partial charge in [-0.1, -0.05) is 20.8 Å². The van der Waals surface area contributed by atoms with E-state index in [2.05, 4.69) is 15.4 Å². The van der Waals surface area contributed by atoms with Crippen molar-refractivity contribution in [3.05, 3.63) is 0 Å². The first-order valence-corrected chi connectivity index (χ1v) is 5.71. The Kier molecular flexibility index (Phi) is 6.77. The number of urea groups is 1. The topological polar surface area (TPSA) is 105 Å². The number of carboxylic acids is 1. The SMILES string of the molecule is CC[C@H](NC(=O)NC(C(=O)OC)C(C)C)C(=O)O. The Hall–Kier alpha value is -1.79. The highest BCUT2D eigenvalue weighted by atomic mass is 16.5. The first-order chi connectivity index (χ1) is 8.33. The van der Waals surface area contributed by atoms with Gasteiger partial charge in [-0.2, -0.15) is 0 Å². The highest BCUT2D eigenvalue weighted by Crippen LogP contribution is 2.03. The van der Waals surface area contributed by atoms with E-state index in [1.807, 2.05) is 0 Å². The molecule has 7 heteroatoms. The van der Waals surface area contributed by atoms with Gasteiger partial charge in [-0.15, -0.1) is 0 Å². The largest absolute Gasteiger partial charge is 0.480 e. The minimum atomic E-state index is -1.12. The Balaban J connectivity index is 4.52. The maximum atomic E-state index is 11.6. The molecule has 0 bridgehead atoms. The molecule has 0 heterocycles. The number of hydrogen-bond acceptors (Lipinski definition) is 4. The number of aliphatic carboxylic acids is 1.